The Balaban J connectivity index is 1.93. The Morgan fingerprint density at radius 1 is 1.31 bits per heavy atom. The third kappa shape index (κ3) is 2.38. The van der Waals surface area contributed by atoms with Crippen LogP contribution < -0.4 is 5.32 Å². The lowest BCUT2D eigenvalue weighted by Gasteiger charge is -2.03. The van der Waals surface area contributed by atoms with Gasteiger partial charge < -0.3 is 10.4 Å². The summed E-state index contributed by atoms with van der Waals surface area (Å²) in [6, 6.07) is 8.27. The molecule has 0 saturated carbocycles. The molecule has 82 valence electrons. The molecule has 1 aromatic carbocycles. The quantitative estimate of drug-likeness (QED) is 0.719. The Labute approximate surface area is 92.1 Å². The van der Waals surface area contributed by atoms with E-state index < -0.39 is 0 Å². The van der Waals surface area contributed by atoms with Gasteiger partial charge in [0, 0.05) is 12.7 Å². The maximum Gasteiger partial charge on any atom is 0.269 e. The van der Waals surface area contributed by atoms with Crippen molar-refractivity contribution in [3.05, 3.63) is 47.8 Å². The maximum atomic E-state index is 11.5. The van der Waals surface area contributed by atoms with Crippen molar-refractivity contribution in [3.63, 3.8) is 0 Å². The number of nitrogens with one attached hydrogen (secondary N) is 2. The second kappa shape index (κ2) is 4.48. The summed E-state index contributed by atoms with van der Waals surface area (Å²) in [5.41, 5.74) is 1.35. The average Bonchev–Trinajstić information content (AvgIpc) is 2.81. The minimum absolute atomic E-state index is 0.203. The Kier molecular flexibility index (Phi) is 2.86. The number of aromatic nitrogens is 2. The number of hydrogen-bond acceptors (Lipinski definition) is 3. The molecule has 5 heteroatoms. The monoisotopic (exact) mass is 217 g/mol. The molecule has 3 N–H and O–H groups in total. The zero-order valence-corrected chi connectivity index (χ0v) is 8.47. The summed E-state index contributed by atoms with van der Waals surface area (Å²) in [6.45, 7) is 0.415. The molecule has 0 aliphatic heterocycles. The summed E-state index contributed by atoms with van der Waals surface area (Å²) < 4.78 is 0. The molecule has 0 aliphatic carbocycles. The van der Waals surface area contributed by atoms with Gasteiger partial charge in [-0.3, -0.25) is 9.89 Å². The van der Waals surface area contributed by atoms with Crippen molar-refractivity contribution in [2.45, 2.75) is 6.54 Å². The number of benzene rings is 1. The molecule has 0 aliphatic rings. The molecule has 1 aromatic heterocycles. The van der Waals surface area contributed by atoms with Crippen LogP contribution in [0.25, 0.3) is 0 Å². The van der Waals surface area contributed by atoms with Crippen LogP contribution in [-0.4, -0.2) is 21.2 Å². The molecule has 1 heterocycles. The SMILES string of the molecule is O=C(NCc1ccc(O)cc1)c1ccn[nH]1. The van der Waals surface area contributed by atoms with Crippen molar-refractivity contribution in [1.82, 2.24) is 15.5 Å². The molecule has 0 atom stereocenters. The third-order valence-electron chi connectivity index (χ3n) is 2.13. The van der Waals surface area contributed by atoms with Gasteiger partial charge in [0.1, 0.15) is 11.4 Å². The molecule has 0 fully saturated rings. The number of aromatic hydroxyl groups is 1. The zero-order valence-electron chi connectivity index (χ0n) is 8.47. The fourth-order valence-electron chi connectivity index (χ4n) is 1.27. The lowest BCUT2D eigenvalue weighted by atomic mass is 10.2. The van der Waals surface area contributed by atoms with Crippen LogP contribution in [0, 0.1) is 0 Å². The van der Waals surface area contributed by atoms with E-state index >= 15 is 0 Å². The van der Waals surface area contributed by atoms with E-state index in [9.17, 15) is 4.79 Å². The molecular weight excluding hydrogens is 206 g/mol. The van der Waals surface area contributed by atoms with Gasteiger partial charge in [0.05, 0.1) is 0 Å². The largest absolute Gasteiger partial charge is 0.508 e. The van der Waals surface area contributed by atoms with Crippen molar-refractivity contribution in [1.29, 1.82) is 0 Å². The van der Waals surface area contributed by atoms with Gasteiger partial charge in [0.15, 0.2) is 0 Å². The lowest BCUT2D eigenvalue weighted by molar-refractivity contribution is 0.0946. The predicted octanol–water partition coefficient (Wildman–Crippen LogP) is 1.05. The van der Waals surface area contributed by atoms with E-state index in [0.717, 1.165) is 5.56 Å². The Morgan fingerprint density at radius 3 is 2.69 bits per heavy atom. The average molecular weight is 217 g/mol. The number of phenolic OH excluding ortho intramolecular Hbond substituents is 1. The summed E-state index contributed by atoms with van der Waals surface area (Å²) in [6.07, 6.45) is 1.52. The van der Waals surface area contributed by atoms with E-state index in [1.165, 1.54) is 6.20 Å². The van der Waals surface area contributed by atoms with Gasteiger partial charge in [-0.15, -0.1) is 0 Å². The van der Waals surface area contributed by atoms with Crippen LogP contribution in [0.1, 0.15) is 16.1 Å². The first kappa shape index (κ1) is 10.2. The number of carbonyl (C=O) groups is 1. The maximum absolute atomic E-state index is 11.5. The van der Waals surface area contributed by atoms with Crippen molar-refractivity contribution < 1.29 is 9.90 Å². The number of nitrogens with zero attached hydrogens (tertiary/aromatic N) is 1. The topological polar surface area (TPSA) is 78.0 Å². The Hall–Kier alpha value is -2.30. The van der Waals surface area contributed by atoms with Gasteiger partial charge in [-0.2, -0.15) is 5.10 Å². The van der Waals surface area contributed by atoms with E-state index in [-0.39, 0.29) is 11.7 Å². The van der Waals surface area contributed by atoms with Gasteiger partial charge in [-0.05, 0) is 23.8 Å². The number of H-pyrrole nitrogens is 1. The van der Waals surface area contributed by atoms with Crippen LogP contribution in [0.5, 0.6) is 5.75 Å². The van der Waals surface area contributed by atoms with Crippen LogP contribution in [0.4, 0.5) is 0 Å². The van der Waals surface area contributed by atoms with Crippen molar-refractivity contribution >= 4 is 5.91 Å². The van der Waals surface area contributed by atoms with Crippen LogP contribution >= 0.6 is 0 Å². The first-order valence-corrected chi connectivity index (χ1v) is 4.81. The highest BCUT2D eigenvalue weighted by atomic mass is 16.3. The molecule has 0 bridgehead atoms. The second-order valence-corrected chi connectivity index (χ2v) is 3.32. The van der Waals surface area contributed by atoms with E-state index in [1.54, 1.807) is 30.3 Å². The Morgan fingerprint density at radius 2 is 2.06 bits per heavy atom. The fourth-order valence-corrected chi connectivity index (χ4v) is 1.27. The first-order valence-electron chi connectivity index (χ1n) is 4.81. The number of phenols is 1. The van der Waals surface area contributed by atoms with E-state index in [4.69, 9.17) is 5.11 Å². The normalized spacial score (nSPS) is 10.0. The van der Waals surface area contributed by atoms with E-state index in [1.807, 2.05) is 0 Å². The zero-order chi connectivity index (χ0) is 11.4. The summed E-state index contributed by atoms with van der Waals surface area (Å²) >= 11 is 0. The fraction of sp³-hybridized carbons (Fsp3) is 0.0909. The summed E-state index contributed by atoms with van der Waals surface area (Å²) in [4.78, 5) is 11.5. The van der Waals surface area contributed by atoms with Gasteiger partial charge in [0.25, 0.3) is 5.91 Å². The standard InChI is InChI=1S/C11H11N3O2/c15-9-3-1-8(2-4-9)7-12-11(16)10-5-6-13-14-10/h1-6,15H,7H2,(H,12,16)(H,13,14). The molecule has 16 heavy (non-hydrogen) atoms. The van der Waals surface area contributed by atoms with E-state index in [0.29, 0.717) is 12.2 Å². The number of aromatic amines is 1. The minimum Gasteiger partial charge on any atom is -0.508 e. The number of amides is 1. The van der Waals surface area contributed by atoms with Crippen molar-refractivity contribution in [2.24, 2.45) is 0 Å². The van der Waals surface area contributed by atoms with Crippen LogP contribution in [0.2, 0.25) is 0 Å². The van der Waals surface area contributed by atoms with Gasteiger partial charge >= 0.3 is 0 Å². The van der Waals surface area contributed by atoms with Crippen LogP contribution in [-0.2, 0) is 6.54 Å². The molecule has 2 aromatic rings. The number of hydrogen-bond donors (Lipinski definition) is 3. The molecule has 5 nitrogen and oxygen atoms in total. The second-order valence-electron chi connectivity index (χ2n) is 3.32. The minimum atomic E-state index is -0.203. The highest BCUT2D eigenvalue weighted by molar-refractivity contribution is 5.91. The van der Waals surface area contributed by atoms with Crippen LogP contribution in [0.3, 0.4) is 0 Å². The molecule has 0 spiro atoms. The van der Waals surface area contributed by atoms with Crippen molar-refractivity contribution in [3.8, 4) is 5.75 Å². The van der Waals surface area contributed by atoms with E-state index in [2.05, 4.69) is 15.5 Å². The molecule has 0 radical (unpaired) electrons. The smallest absolute Gasteiger partial charge is 0.269 e. The van der Waals surface area contributed by atoms with Gasteiger partial charge in [-0.25, -0.2) is 0 Å². The highest BCUT2D eigenvalue weighted by Gasteiger charge is 2.05. The third-order valence-corrected chi connectivity index (χ3v) is 2.13. The van der Waals surface area contributed by atoms with Gasteiger partial charge in [0.2, 0.25) is 0 Å². The molecule has 0 unspecified atom stereocenters. The molecule has 0 saturated heterocycles. The highest BCUT2D eigenvalue weighted by Crippen LogP contribution is 2.09. The molecule has 1 amide bonds. The molecular formula is C11H11N3O2. The summed E-state index contributed by atoms with van der Waals surface area (Å²) in [5, 5.41) is 18.1. The Bertz CT molecular complexity index is 462. The molecule has 2 rings (SSSR count). The van der Waals surface area contributed by atoms with Crippen molar-refractivity contribution in [2.75, 3.05) is 0 Å². The number of rotatable bonds is 3. The number of carbonyl (C=O) groups excluding carboxylic acids is 1. The first-order chi connectivity index (χ1) is 7.75. The lowest BCUT2D eigenvalue weighted by Crippen LogP contribution is -2.23. The summed E-state index contributed by atoms with van der Waals surface area (Å²) in [7, 11) is 0. The summed E-state index contributed by atoms with van der Waals surface area (Å²) in [5.74, 6) is 0.00854. The van der Waals surface area contributed by atoms with Gasteiger partial charge in [-0.1, -0.05) is 12.1 Å². The predicted molar refractivity (Wildman–Crippen MR) is 57.9 cm³/mol. The van der Waals surface area contributed by atoms with Crippen LogP contribution in [0.15, 0.2) is 36.5 Å².